The van der Waals surface area contributed by atoms with Crippen LogP contribution < -0.4 is 4.74 Å². The van der Waals surface area contributed by atoms with E-state index in [2.05, 4.69) is 0 Å². The Hall–Kier alpha value is -1.48. The summed E-state index contributed by atoms with van der Waals surface area (Å²) in [5, 5.41) is 0.593. The lowest BCUT2D eigenvalue weighted by Gasteiger charge is -2.13. The maximum absolute atomic E-state index is 11.8. The number of Topliss-reactive ketones (excluding diaryl/α,β-unsaturated/α-hetero) is 1. The first-order chi connectivity index (χ1) is 8.25. The Bertz CT molecular complexity index is 440. The lowest BCUT2D eigenvalue weighted by atomic mass is 10.1. The van der Waals surface area contributed by atoms with Crippen molar-refractivity contribution in [3.8, 4) is 5.75 Å². The number of rotatable bonds is 4. The highest BCUT2D eigenvalue weighted by Crippen LogP contribution is 2.18. The van der Waals surface area contributed by atoms with Gasteiger partial charge in [0, 0.05) is 10.6 Å². The van der Waals surface area contributed by atoms with Gasteiger partial charge in [0.15, 0.2) is 12.4 Å². The van der Waals surface area contributed by atoms with Crippen molar-refractivity contribution in [2.45, 2.75) is 12.8 Å². The molecule has 1 aromatic rings. The first kappa shape index (κ1) is 12.0. The second-order valence-corrected chi connectivity index (χ2v) is 4.22. The van der Waals surface area contributed by atoms with Gasteiger partial charge < -0.3 is 9.47 Å². The number of carbonyl (C=O) groups excluding carboxylic acids is 1. The third-order valence-corrected chi connectivity index (χ3v) is 2.69. The van der Waals surface area contributed by atoms with Gasteiger partial charge in [0.05, 0.1) is 12.9 Å². The standard InChI is InChI=1S/C13H13ClO3/c14-11-4-1-5-12(7-11)17-9-13(15)10-3-2-6-16-8-10/h1,4-5,7-8H,2-3,6,9H2. The second kappa shape index (κ2) is 5.73. The molecule has 0 N–H and O–H groups in total. The molecule has 0 radical (unpaired) electrons. The third kappa shape index (κ3) is 3.49. The van der Waals surface area contributed by atoms with Crippen molar-refractivity contribution >= 4 is 17.4 Å². The Morgan fingerprint density at radius 2 is 2.35 bits per heavy atom. The molecular weight excluding hydrogens is 240 g/mol. The Morgan fingerprint density at radius 3 is 3.06 bits per heavy atom. The average Bonchev–Trinajstić information content (AvgIpc) is 2.37. The number of halogens is 1. The summed E-state index contributed by atoms with van der Waals surface area (Å²) in [6.07, 6.45) is 3.18. The molecule has 0 amide bonds. The van der Waals surface area contributed by atoms with Gasteiger partial charge in [-0.3, -0.25) is 4.79 Å². The first-order valence-corrected chi connectivity index (χ1v) is 5.86. The quantitative estimate of drug-likeness (QED) is 0.826. The molecule has 1 aliphatic rings. The molecule has 1 aliphatic heterocycles. The summed E-state index contributed by atoms with van der Waals surface area (Å²) >= 11 is 5.81. The highest BCUT2D eigenvalue weighted by Gasteiger charge is 2.13. The SMILES string of the molecule is O=C(COc1cccc(Cl)c1)C1=COCCC1. The van der Waals surface area contributed by atoms with Crippen molar-refractivity contribution in [1.82, 2.24) is 0 Å². The largest absolute Gasteiger partial charge is 0.501 e. The van der Waals surface area contributed by atoms with Gasteiger partial charge in [-0.15, -0.1) is 0 Å². The van der Waals surface area contributed by atoms with E-state index in [1.807, 2.05) is 0 Å². The lowest BCUT2D eigenvalue weighted by molar-refractivity contribution is -0.117. The van der Waals surface area contributed by atoms with Gasteiger partial charge in [-0.05, 0) is 31.0 Å². The summed E-state index contributed by atoms with van der Waals surface area (Å²) in [6.45, 7) is 0.710. The van der Waals surface area contributed by atoms with Gasteiger partial charge in [0.1, 0.15) is 5.75 Å². The average molecular weight is 253 g/mol. The van der Waals surface area contributed by atoms with Gasteiger partial charge >= 0.3 is 0 Å². The molecule has 2 rings (SSSR count). The van der Waals surface area contributed by atoms with Gasteiger partial charge in [-0.25, -0.2) is 0 Å². The second-order valence-electron chi connectivity index (χ2n) is 3.79. The molecule has 1 aromatic carbocycles. The number of benzene rings is 1. The van der Waals surface area contributed by atoms with Crippen LogP contribution in [0.15, 0.2) is 36.1 Å². The summed E-state index contributed by atoms with van der Waals surface area (Å²) in [4.78, 5) is 11.8. The van der Waals surface area contributed by atoms with Crippen LogP contribution in [0.3, 0.4) is 0 Å². The van der Waals surface area contributed by atoms with Crippen LogP contribution in [0.4, 0.5) is 0 Å². The predicted octanol–water partition coefficient (Wildman–Crippen LogP) is 2.98. The van der Waals surface area contributed by atoms with Crippen LogP contribution in [0.25, 0.3) is 0 Å². The fourth-order valence-corrected chi connectivity index (χ4v) is 1.75. The monoisotopic (exact) mass is 252 g/mol. The molecule has 0 spiro atoms. The van der Waals surface area contributed by atoms with Crippen LogP contribution in [0, 0.1) is 0 Å². The number of carbonyl (C=O) groups is 1. The molecule has 0 bridgehead atoms. The van der Waals surface area contributed by atoms with Gasteiger partial charge in [-0.1, -0.05) is 17.7 Å². The Labute approximate surface area is 105 Å². The fraction of sp³-hybridized carbons (Fsp3) is 0.308. The normalized spacial score (nSPS) is 14.8. The van der Waals surface area contributed by atoms with Crippen molar-refractivity contribution in [2.75, 3.05) is 13.2 Å². The molecule has 3 nitrogen and oxygen atoms in total. The molecule has 0 saturated heterocycles. The maximum atomic E-state index is 11.8. The molecule has 0 atom stereocenters. The summed E-state index contributed by atoms with van der Waals surface area (Å²) in [7, 11) is 0. The van der Waals surface area contributed by atoms with Gasteiger partial charge in [0.25, 0.3) is 0 Å². The highest BCUT2D eigenvalue weighted by molar-refractivity contribution is 6.30. The van der Waals surface area contributed by atoms with Crippen molar-refractivity contribution in [3.05, 3.63) is 41.1 Å². The molecule has 1 heterocycles. The summed E-state index contributed by atoms with van der Waals surface area (Å²) in [6, 6.07) is 6.99. The third-order valence-electron chi connectivity index (χ3n) is 2.46. The predicted molar refractivity (Wildman–Crippen MR) is 65.2 cm³/mol. The highest BCUT2D eigenvalue weighted by atomic mass is 35.5. The Kier molecular flexibility index (Phi) is 4.04. The lowest BCUT2D eigenvalue weighted by Crippen LogP contribution is -2.16. The Morgan fingerprint density at radius 1 is 1.47 bits per heavy atom. The summed E-state index contributed by atoms with van der Waals surface area (Å²) in [5.41, 5.74) is 0.693. The van der Waals surface area contributed by atoms with Gasteiger partial charge in [0.2, 0.25) is 0 Å². The topological polar surface area (TPSA) is 35.5 Å². The number of hydrogen-bond donors (Lipinski definition) is 0. The number of ketones is 1. The zero-order chi connectivity index (χ0) is 12.1. The van der Waals surface area contributed by atoms with Crippen LogP contribution in [-0.2, 0) is 9.53 Å². The molecule has 0 fully saturated rings. The molecular formula is C13H13ClO3. The van der Waals surface area contributed by atoms with Crippen LogP contribution >= 0.6 is 11.6 Å². The van der Waals surface area contributed by atoms with E-state index >= 15 is 0 Å². The molecule has 0 saturated carbocycles. The van der Waals surface area contributed by atoms with E-state index in [9.17, 15) is 4.79 Å². The van der Waals surface area contributed by atoms with E-state index in [1.54, 1.807) is 24.3 Å². The minimum absolute atomic E-state index is 0.0233. The minimum atomic E-state index is -0.0373. The molecule has 17 heavy (non-hydrogen) atoms. The molecule has 90 valence electrons. The molecule has 0 aromatic heterocycles. The molecule has 0 aliphatic carbocycles. The Balaban J connectivity index is 1.89. The van der Waals surface area contributed by atoms with Crippen molar-refractivity contribution in [2.24, 2.45) is 0 Å². The van der Waals surface area contributed by atoms with E-state index in [4.69, 9.17) is 21.1 Å². The van der Waals surface area contributed by atoms with E-state index in [0.29, 0.717) is 23.0 Å². The number of ether oxygens (including phenoxy) is 2. The fourth-order valence-electron chi connectivity index (χ4n) is 1.57. The van der Waals surface area contributed by atoms with Crippen LogP contribution in [0.1, 0.15) is 12.8 Å². The minimum Gasteiger partial charge on any atom is -0.501 e. The van der Waals surface area contributed by atoms with Crippen molar-refractivity contribution in [1.29, 1.82) is 0 Å². The van der Waals surface area contributed by atoms with Gasteiger partial charge in [-0.2, -0.15) is 0 Å². The zero-order valence-electron chi connectivity index (χ0n) is 9.32. The summed E-state index contributed by atoms with van der Waals surface area (Å²) < 4.78 is 10.5. The van der Waals surface area contributed by atoms with Crippen LogP contribution in [0.2, 0.25) is 5.02 Å². The van der Waals surface area contributed by atoms with Crippen LogP contribution in [-0.4, -0.2) is 19.0 Å². The smallest absolute Gasteiger partial charge is 0.199 e. The zero-order valence-corrected chi connectivity index (χ0v) is 10.1. The molecule has 4 heteroatoms. The van der Waals surface area contributed by atoms with Crippen LogP contribution in [0.5, 0.6) is 5.75 Å². The van der Waals surface area contributed by atoms with Crippen molar-refractivity contribution < 1.29 is 14.3 Å². The van der Waals surface area contributed by atoms with E-state index in [1.165, 1.54) is 6.26 Å². The van der Waals surface area contributed by atoms with E-state index in [0.717, 1.165) is 12.8 Å². The van der Waals surface area contributed by atoms with E-state index in [-0.39, 0.29) is 12.4 Å². The number of hydrogen-bond acceptors (Lipinski definition) is 3. The summed E-state index contributed by atoms with van der Waals surface area (Å²) in [5.74, 6) is 0.563. The maximum Gasteiger partial charge on any atom is 0.199 e. The first-order valence-electron chi connectivity index (χ1n) is 5.48. The van der Waals surface area contributed by atoms with Crippen molar-refractivity contribution in [3.63, 3.8) is 0 Å². The molecule has 0 unspecified atom stereocenters. The van der Waals surface area contributed by atoms with E-state index < -0.39 is 0 Å².